The topological polar surface area (TPSA) is 0 Å². The van der Waals surface area contributed by atoms with Crippen molar-refractivity contribution in [1.82, 2.24) is 0 Å². The van der Waals surface area contributed by atoms with Gasteiger partial charge in [0, 0.05) is 15.4 Å². The van der Waals surface area contributed by atoms with E-state index in [1.807, 2.05) is 13.0 Å². The molecule has 0 saturated carbocycles. The number of alkyl halides is 1. The fourth-order valence-electron chi connectivity index (χ4n) is 0.838. The molecule has 0 bridgehead atoms. The van der Waals surface area contributed by atoms with Crippen molar-refractivity contribution in [2.45, 2.75) is 12.3 Å². The molecular formula is C8H7BrCl2. The quantitative estimate of drug-likeness (QED) is 0.659. The van der Waals surface area contributed by atoms with Crippen LogP contribution in [-0.4, -0.2) is 0 Å². The van der Waals surface area contributed by atoms with Gasteiger partial charge in [0.2, 0.25) is 0 Å². The summed E-state index contributed by atoms with van der Waals surface area (Å²) in [5.74, 6) is 0. The minimum absolute atomic E-state index is 0.690. The standard InChI is InChI=1S/C8H7BrCl2/c1-5-6(4-9)2-7(10)3-8(5)11/h2-3H,4H2,1H3. The Hall–Kier alpha value is 0.280. The van der Waals surface area contributed by atoms with E-state index in [0.717, 1.165) is 21.5 Å². The molecule has 0 aliphatic carbocycles. The highest BCUT2D eigenvalue weighted by molar-refractivity contribution is 9.08. The lowest BCUT2D eigenvalue weighted by molar-refractivity contribution is 1.32. The molecule has 0 fully saturated rings. The molecule has 60 valence electrons. The van der Waals surface area contributed by atoms with Crippen molar-refractivity contribution in [2.24, 2.45) is 0 Å². The average molecular weight is 254 g/mol. The second-order valence-corrected chi connectivity index (χ2v) is 3.71. The Kier molecular flexibility index (Phi) is 3.23. The molecule has 0 radical (unpaired) electrons. The maximum atomic E-state index is 5.89. The third kappa shape index (κ3) is 2.11. The van der Waals surface area contributed by atoms with E-state index < -0.39 is 0 Å². The summed E-state index contributed by atoms with van der Waals surface area (Å²) >= 11 is 15.0. The first-order chi connectivity index (χ1) is 5.15. The molecule has 0 unspecified atom stereocenters. The average Bonchev–Trinajstić information content (AvgIpc) is 1.96. The van der Waals surface area contributed by atoms with Crippen LogP contribution in [0.3, 0.4) is 0 Å². The zero-order chi connectivity index (χ0) is 8.43. The first-order valence-electron chi connectivity index (χ1n) is 3.15. The highest BCUT2D eigenvalue weighted by atomic mass is 79.9. The van der Waals surface area contributed by atoms with Gasteiger partial charge in [0.25, 0.3) is 0 Å². The molecule has 0 nitrogen and oxygen atoms in total. The summed E-state index contributed by atoms with van der Waals surface area (Å²) in [6.45, 7) is 1.98. The molecule has 0 aliphatic rings. The van der Waals surface area contributed by atoms with Crippen LogP contribution in [0.15, 0.2) is 12.1 Å². The second-order valence-electron chi connectivity index (χ2n) is 2.31. The molecule has 11 heavy (non-hydrogen) atoms. The Balaban J connectivity index is 3.24. The molecule has 1 aromatic rings. The van der Waals surface area contributed by atoms with Gasteiger partial charge in [0.1, 0.15) is 0 Å². The molecule has 0 aliphatic heterocycles. The zero-order valence-corrected chi connectivity index (χ0v) is 9.09. The van der Waals surface area contributed by atoms with Crippen LogP contribution >= 0.6 is 39.1 Å². The van der Waals surface area contributed by atoms with Gasteiger partial charge in [0.15, 0.2) is 0 Å². The Morgan fingerprint density at radius 2 is 2.00 bits per heavy atom. The molecule has 1 rings (SSSR count). The van der Waals surface area contributed by atoms with Crippen molar-refractivity contribution in [2.75, 3.05) is 0 Å². The number of hydrogen-bond acceptors (Lipinski definition) is 0. The summed E-state index contributed by atoms with van der Waals surface area (Å²) in [5.41, 5.74) is 2.23. The summed E-state index contributed by atoms with van der Waals surface area (Å²) in [6, 6.07) is 3.67. The number of hydrogen-bond donors (Lipinski definition) is 0. The van der Waals surface area contributed by atoms with E-state index in [1.54, 1.807) is 6.07 Å². The first kappa shape index (κ1) is 9.37. The predicted octanol–water partition coefficient (Wildman–Crippen LogP) is 4.20. The van der Waals surface area contributed by atoms with Crippen molar-refractivity contribution in [3.05, 3.63) is 33.3 Å². The van der Waals surface area contributed by atoms with E-state index in [9.17, 15) is 0 Å². The van der Waals surface area contributed by atoms with Crippen molar-refractivity contribution in [1.29, 1.82) is 0 Å². The number of halogens is 3. The minimum atomic E-state index is 0.690. The molecule has 0 heterocycles. The monoisotopic (exact) mass is 252 g/mol. The normalized spacial score (nSPS) is 10.2. The van der Waals surface area contributed by atoms with Crippen molar-refractivity contribution < 1.29 is 0 Å². The summed E-state index contributed by atoms with van der Waals surface area (Å²) in [6.07, 6.45) is 0. The van der Waals surface area contributed by atoms with Crippen LogP contribution in [0, 0.1) is 6.92 Å². The van der Waals surface area contributed by atoms with Gasteiger partial charge in [0.05, 0.1) is 0 Å². The third-order valence-electron chi connectivity index (χ3n) is 1.56. The molecule has 3 heteroatoms. The lowest BCUT2D eigenvalue weighted by Crippen LogP contribution is -1.85. The maximum Gasteiger partial charge on any atom is 0.0453 e. The summed E-state index contributed by atoms with van der Waals surface area (Å²) in [4.78, 5) is 0. The van der Waals surface area contributed by atoms with Gasteiger partial charge < -0.3 is 0 Å². The Morgan fingerprint density at radius 3 is 2.55 bits per heavy atom. The van der Waals surface area contributed by atoms with Gasteiger partial charge in [-0.15, -0.1) is 0 Å². The molecule has 0 atom stereocenters. The van der Waals surface area contributed by atoms with E-state index >= 15 is 0 Å². The molecule has 1 aromatic carbocycles. The predicted molar refractivity (Wildman–Crippen MR) is 53.8 cm³/mol. The van der Waals surface area contributed by atoms with E-state index in [1.165, 1.54) is 0 Å². The largest absolute Gasteiger partial charge is 0.0876 e. The SMILES string of the molecule is Cc1c(Cl)cc(Cl)cc1CBr. The van der Waals surface area contributed by atoms with Crippen molar-refractivity contribution >= 4 is 39.1 Å². The van der Waals surface area contributed by atoms with Gasteiger partial charge in [-0.1, -0.05) is 39.1 Å². The summed E-state index contributed by atoms with van der Waals surface area (Å²) in [7, 11) is 0. The molecule has 0 aromatic heterocycles. The van der Waals surface area contributed by atoms with Gasteiger partial charge >= 0.3 is 0 Å². The van der Waals surface area contributed by atoms with Crippen LogP contribution in [-0.2, 0) is 5.33 Å². The fourth-order valence-corrected chi connectivity index (χ4v) is 1.96. The molecule has 0 N–H and O–H groups in total. The third-order valence-corrected chi connectivity index (χ3v) is 2.78. The summed E-state index contributed by atoms with van der Waals surface area (Å²) in [5, 5.41) is 2.21. The summed E-state index contributed by atoms with van der Waals surface area (Å²) < 4.78 is 0. The van der Waals surface area contributed by atoms with Gasteiger partial charge in [-0.25, -0.2) is 0 Å². The lowest BCUT2D eigenvalue weighted by Gasteiger charge is -2.04. The van der Waals surface area contributed by atoms with E-state index in [4.69, 9.17) is 23.2 Å². The highest BCUT2D eigenvalue weighted by Crippen LogP contribution is 2.25. The van der Waals surface area contributed by atoms with Crippen LogP contribution in [0.25, 0.3) is 0 Å². The molecular weight excluding hydrogens is 247 g/mol. The van der Waals surface area contributed by atoms with Crippen LogP contribution in [0.4, 0.5) is 0 Å². The fraction of sp³-hybridized carbons (Fsp3) is 0.250. The first-order valence-corrected chi connectivity index (χ1v) is 5.03. The smallest absolute Gasteiger partial charge is 0.0453 e. The van der Waals surface area contributed by atoms with Crippen LogP contribution in [0.5, 0.6) is 0 Å². The molecule has 0 saturated heterocycles. The van der Waals surface area contributed by atoms with Crippen LogP contribution < -0.4 is 0 Å². The zero-order valence-electron chi connectivity index (χ0n) is 6.00. The molecule has 0 amide bonds. The Labute approximate surface area is 84.6 Å². The van der Waals surface area contributed by atoms with Crippen LogP contribution in [0.2, 0.25) is 10.0 Å². The van der Waals surface area contributed by atoms with Gasteiger partial charge in [-0.05, 0) is 30.2 Å². The van der Waals surface area contributed by atoms with Gasteiger partial charge in [-0.3, -0.25) is 0 Å². The van der Waals surface area contributed by atoms with Crippen LogP contribution in [0.1, 0.15) is 11.1 Å². The van der Waals surface area contributed by atoms with E-state index in [2.05, 4.69) is 15.9 Å². The van der Waals surface area contributed by atoms with E-state index in [0.29, 0.717) is 5.02 Å². The number of rotatable bonds is 1. The van der Waals surface area contributed by atoms with Crippen molar-refractivity contribution in [3.63, 3.8) is 0 Å². The lowest BCUT2D eigenvalue weighted by atomic mass is 10.1. The Bertz CT molecular complexity index is 271. The molecule has 0 spiro atoms. The maximum absolute atomic E-state index is 5.89. The Morgan fingerprint density at radius 1 is 1.36 bits per heavy atom. The number of benzene rings is 1. The van der Waals surface area contributed by atoms with E-state index in [-0.39, 0.29) is 0 Å². The van der Waals surface area contributed by atoms with Gasteiger partial charge in [-0.2, -0.15) is 0 Å². The minimum Gasteiger partial charge on any atom is -0.0876 e. The van der Waals surface area contributed by atoms with Crippen molar-refractivity contribution in [3.8, 4) is 0 Å². The second kappa shape index (κ2) is 3.79. The highest BCUT2D eigenvalue weighted by Gasteiger charge is 2.02.